The summed E-state index contributed by atoms with van der Waals surface area (Å²) in [5.74, 6) is 0.397. The van der Waals surface area contributed by atoms with Crippen molar-refractivity contribution in [3.8, 4) is 0 Å². The van der Waals surface area contributed by atoms with Gasteiger partial charge in [0.15, 0.2) is 5.96 Å². The van der Waals surface area contributed by atoms with E-state index in [2.05, 4.69) is 15.6 Å². The van der Waals surface area contributed by atoms with E-state index in [9.17, 15) is 4.79 Å². The van der Waals surface area contributed by atoms with Crippen molar-refractivity contribution in [2.75, 3.05) is 20.2 Å². The van der Waals surface area contributed by atoms with Crippen molar-refractivity contribution in [2.24, 2.45) is 10.9 Å². The molecule has 0 saturated heterocycles. The van der Waals surface area contributed by atoms with Crippen molar-refractivity contribution in [1.82, 2.24) is 10.6 Å². The second kappa shape index (κ2) is 8.77. The number of methoxy groups -OCH3 is 1. The number of hydrogen-bond acceptors (Lipinski definition) is 3. The van der Waals surface area contributed by atoms with Crippen molar-refractivity contribution in [1.29, 1.82) is 0 Å². The van der Waals surface area contributed by atoms with Crippen LogP contribution in [0.25, 0.3) is 0 Å². The summed E-state index contributed by atoms with van der Waals surface area (Å²) in [4.78, 5) is 15.8. The fourth-order valence-electron chi connectivity index (χ4n) is 2.26. The summed E-state index contributed by atoms with van der Waals surface area (Å²) in [7, 11) is 1.41. The molecule has 0 bridgehead atoms. The number of guanidine groups is 1. The first kappa shape index (κ1) is 15.8. The minimum absolute atomic E-state index is 0.202. The van der Waals surface area contributed by atoms with Crippen LogP contribution in [-0.2, 0) is 9.53 Å². The van der Waals surface area contributed by atoms with Crippen LogP contribution in [0.1, 0.15) is 46.0 Å². The van der Waals surface area contributed by atoms with Crippen LogP contribution < -0.4 is 10.6 Å². The maximum Gasteiger partial charge on any atom is 0.310 e. The third-order valence-corrected chi connectivity index (χ3v) is 3.42. The zero-order valence-corrected chi connectivity index (χ0v) is 12.4. The molecule has 5 heteroatoms. The minimum atomic E-state index is -0.211. The zero-order valence-electron chi connectivity index (χ0n) is 12.4. The number of esters is 1. The molecule has 1 saturated carbocycles. The van der Waals surface area contributed by atoms with E-state index in [-0.39, 0.29) is 11.9 Å². The van der Waals surface area contributed by atoms with E-state index in [4.69, 9.17) is 4.74 Å². The number of ether oxygens (including phenoxy) is 1. The van der Waals surface area contributed by atoms with Gasteiger partial charge in [0, 0.05) is 12.6 Å². The fraction of sp³-hybridized carbons (Fsp3) is 0.857. The Kier molecular flexibility index (Phi) is 7.30. The van der Waals surface area contributed by atoms with Gasteiger partial charge in [-0.1, -0.05) is 26.2 Å². The predicted molar refractivity (Wildman–Crippen MR) is 77.2 cm³/mol. The van der Waals surface area contributed by atoms with Gasteiger partial charge in [-0.2, -0.15) is 0 Å². The van der Waals surface area contributed by atoms with Gasteiger partial charge in [-0.05, 0) is 19.8 Å². The average Bonchev–Trinajstić information content (AvgIpc) is 2.44. The van der Waals surface area contributed by atoms with Gasteiger partial charge < -0.3 is 15.4 Å². The van der Waals surface area contributed by atoms with Crippen LogP contribution >= 0.6 is 0 Å². The molecule has 1 aliphatic rings. The second-order valence-corrected chi connectivity index (χ2v) is 5.12. The van der Waals surface area contributed by atoms with Crippen LogP contribution in [0.5, 0.6) is 0 Å². The molecular formula is C14H27N3O2. The van der Waals surface area contributed by atoms with Crippen LogP contribution in [0, 0.1) is 5.92 Å². The Bertz CT molecular complexity index is 299. The fourth-order valence-corrected chi connectivity index (χ4v) is 2.26. The molecule has 1 atom stereocenters. The Labute approximate surface area is 116 Å². The standard InChI is InChI=1S/C14H27N3O2/c1-4-15-14(16-10-11(2)13(18)19-3)17-12-8-6-5-7-9-12/h11-12H,4-10H2,1-3H3,(H2,15,16,17). The van der Waals surface area contributed by atoms with Gasteiger partial charge in [-0.3, -0.25) is 9.79 Å². The maximum atomic E-state index is 11.3. The lowest BCUT2D eigenvalue weighted by Crippen LogP contribution is -2.44. The van der Waals surface area contributed by atoms with Crippen LogP contribution in [-0.4, -0.2) is 38.2 Å². The van der Waals surface area contributed by atoms with Gasteiger partial charge in [0.1, 0.15) is 0 Å². The minimum Gasteiger partial charge on any atom is -0.469 e. The van der Waals surface area contributed by atoms with Crippen LogP contribution in [0.4, 0.5) is 0 Å². The highest BCUT2D eigenvalue weighted by Crippen LogP contribution is 2.17. The topological polar surface area (TPSA) is 62.7 Å². The molecule has 1 fully saturated rings. The summed E-state index contributed by atoms with van der Waals surface area (Å²) >= 11 is 0. The molecule has 19 heavy (non-hydrogen) atoms. The number of hydrogen-bond donors (Lipinski definition) is 2. The summed E-state index contributed by atoms with van der Waals surface area (Å²) in [6, 6.07) is 0.514. The molecule has 0 aromatic rings. The summed E-state index contributed by atoms with van der Waals surface area (Å²) in [6.07, 6.45) is 6.32. The van der Waals surface area contributed by atoms with E-state index in [0.29, 0.717) is 12.6 Å². The molecule has 1 aliphatic carbocycles. The molecule has 0 heterocycles. The van der Waals surface area contributed by atoms with E-state index in [1.807, 2.05) is 13.8 Å². The predicted octanol–water partition coefficient (Wildman–Crippen LogP) is 1.68. The van der Waals surface area contributed by atoms with E-state index in [1.54, 1.807) is 0 Å². The van der Waals surface area contributed by atoms with Gasteiger partial charge in [0.2, 0.25) is 0 Å². The SMILES string of the molecule is CCNC(=NCC(C)C(=O)OC)NC1CCCCC1. The first-order chi connectivity index (χ1) is 9.17. The Morgan fingerprint density at radius 2 is 2.05 bits per heavy atom. The lowest BCUT2D eigenvalue weighted by atomic mass is 9.96. The van der Waals surface area contributed by atoms with Crippen LogP contribution in [0.15, 0.2) is 4.99 Å². The van der Waals surface area contributed by atoms with Crippen LogP contribution in [0.3, 0.4) is 0 Å². The number of nitrogens with zero attached hydrogens (tertiary/aromatic N) is 1. The molecule has 0 radical (unpaired) electrons. The van der Waals surface area contributed by atoms with E-state index in [1.165, 1.54) is 39.2 Å². The lowest BCUT2D eigenvalue weighted by Gasteiger charge is -2.25. The van der Waals surface area contributed by atoms with Gasteiger partial charge in [0.25, 0.3) is 0 Å². The Morgan fingerprint density at radius 3 is 2.63 bits per heavy atom. The van der Waals surface area contributed by atoms with Gasteiger partial charge in [-0.15, -0.1) is 0 Å². The highest BCUT2D eigenvalue weighted by atomic mass is 16.5. The molecule has 0 amide bonds. The molecule has 110 valence electrons. The van der Waals surface area contributed by atoms with E-state index < -0.39 is 0 Å². The first-order valence-corrected chi connectivity index (χ1v) is 7.30. The lowest BCUT2D eigenvalue weighted by molar-refractivity contribution is -0.144. The highest BCUT2D eigenvalue weighted by Gasteiger charge is 2.16. The molecular weight excluding hydrogens is 242 g/mol. The summed E-state index contributed by atoms with van der Waals surface area (Å²) < 4.78 is 4.71. The molecule has 0 aromatic heterocycles. The molecule has 2 N–H and O–H groups in total. The summed E-state index contributed by atoms with van der Waals surface area (Å²) in [5.41, 5.74) is 0. The van der Waals surface area contributed by atoms with Crippen molar-refractivity contribution in [3.05, 3.63) is 0 Å². The smallest absolute Gasteiger partial charge is 0.310 e. The molecule has 0 aliphatic heterocycles. The van der Waals surface area contributed by atoms with Crippen molar-refractivity contribution in [3.63, 3.8) is 0 Å². The number of aliphatic imine (C=N–C) groups is 1. The number of carbonyl (C=O) groups excluding carboxylic acids is 1. The highest BCUT2D eigenvalue weighted by molar-refractivity contribution is 5.80. The Morgan fingerprint density at radius 1 is 1.37 bits per heavy atom. The third-order valence-electron chi connectivity index (χ3n) is 3.42. The van der Waals surface area contributed by atoms with Gasteiger partial charge >= 0.3 is 5.97 Å². The molecule has 0 spiro atoms. The molecule has 0 aromatic carbocycles. The molecule has 5 nitrogen and oxygen atoms in total. The average molecular weight is 269 g/mol. The van der Waals surface area contributed by atoms with E-state index in [0.717, 1.165) is 12.5 Å². The Hall–Kier alpha value is -1.26. The van der Waals surface area contributed by atoms with Crippen molar-refractivity contribution < 1.29 is 9.53 Å². The zero-order chi connectivity index (χ0) is 14.1. The molecule has 1 unspecified atom stereocenters. The van der Waals surface area contributed by atoms with E-state index >= 15 is 0 Å². The third kappa shape index (κ3) is 5.94. The maximum absolute atomic E-state index is 11.3. The van der Waals surface area contributed by atoms with Crippen molar-refractivity contribution >= 4 is 11.9 Å². The largest absolute Gasteiger partial charge is 0.469 e. The normalized spacial score (nSPS) is 18.8. The monoisotopic (exact) mass is 269 g/mol. The molecule has 1 rings (SSSR count). The number of carbonyl (C=O) groups is 1. The summed E-state index contributed by atoms with van der Waals surface area (Å²) in [6.45, 7) is 5.15. The second-order valence-electron chi connectivity index (χ2n) is 5.12. The van der Waals surface area contributed by atoms with Crippen LogP contribution in [0.2, 0.25) is 0 Å². The Balaban J connectivity index is 2.47. The quantitative estimate of drug-likeness (QED) is 0.453. The van der Waals surface area contributed by atoms with Crippen molar-refractivity contribution in [2.45, 2.75) is 52.0 Å². The van der Waals surface area contributed by atoms with Gasteiger partial charge in [0.05, 0.1) is 19.6 Å². The van der Waals surface area contributed by atoms with Gasteiger partial charge in [-0.25, -0.2) is 0 Å². The number of rotatable bonds is 5. The number of nitrogens with one attached hydrogen (secondary N) is 2. The first-order valence-electron chi connectivity index (χ1n) is 7.30. The summed E-state index contributed by atoms with van der Waals surface area (Å²) in [5, 5.41) is 6.68.